The molecule has 0 fully saturated rings. The molecule has 4 heterocycles. The van der Waals surface area contributed by atoms with Crippen molar-refractivity contribution >= 4 is 28.0 Å². The van der Waals surface area contributed by atoms with Gasteiger partial charge in [0, 0.05) is 47.3 Å². The Hall–Kier alpha value is -4.89. The summed E-state index contributed by atoms with van der Waals surface area (Å²) < 4.78 is 5.33. The van der Waals surface area contributed by atoms with Crippen molar-refractivity contribution in [3.63, 3.8) is 0 Å². The Morgan fingerprint density at radius 3 is 1.68 bits per heavy atom. The smallest absolute Gasteiger partial charge is 0.306 e. The molecule has 0 saturated carbocycles. The molecule has 4 N–H and O–H groups in total. The zero-order chi connectivity index (χ0) is 28.8. The number of ether oxygens (including phenoxy) is 1. The molecule has 0 spiro atoms. The number of fused-ring (bicyclic) bond motifs is 2. The van der Waals surface area contributed by atoms with Crippen LogP contribution in [0.5, 0.6) is 0 Å². The van der Waals surface area contributed by atoms with Crippen molar-refractivity contribution in [2.75, 3.05) is 0 Å². The summed E-state index contributed by atoms with van der Waals surface area (Å²) >= 11 is 0. The lowest BCUT2D eigenvalue weighted by Crippen LogP contribution is -2.23. The molecule has 4 aromatic heterocycles. The lowest BCUT2D eigenvalue weighted by molar-refractivity contribution is -0.154. The Morgan fingerprint density at radius 2 is 1.22 bits per heavy atom. The SMILES string of the molecule is CC(C)(C)OC(=O)CCc1ccc(-c2ncnc3[nH]ccc23)cc1.NCc1ccc(-c2ncnc3[nH]ccc23)cc1. The molecule has 0 saturated heterocycles. The second-order valence-electron chi connectivity index (χ2n) is 10.6. The van der Waals surface area contributed by atoms with Gasteiger partial charge >= 0.3 is 5.97 Å². The quantitative estimate of drug-likeness (QED) is 0.218. The molecular formula is C32H33N7O2. The average molecular weight is 548 g/mol. The lowest BCUT2D eigenvalue weighted by atomic mass is 10.0. The van der Waals surface area contributed by atoms with Gasteiger partial charge in [-0.05, 0) is 50.5 Å². The molecule has 2 aromatic carbocycles. The normalized spacial score (nSPS) is 11.3. The molecule has 0 amide bonds. The van der Waals surface area contributed by atoms with E-state index in [2.05, 4.69) is 29.9 Å². The maximum absolute atomic E-state index is 11.8. The number of hydrogen-bond acceptors (Lipinski definition) is 7. The van der Waals surface area contributed by atoms with Gasteiger partial charge in [0.05, 0.1) is 11.4 Å². The van der Waals surface area contributed by atoms with E-state index in [9.17, 15) is 4.79 Å². The van der Waals surface area contributed by atoms with Gasteiger partial charge < -0.3 is 20.4 Å². The molecule has 0 aliphatic rings. The first-order chi connectivity index (χ1) is 19.8. The molecule has 9 heteroatoms. The molecule has 0 atom stereocenters. The Labute approximate surface area is 238 Å². The second kappa shape index (κ2) is 12.1. The van der Waals surface area contributed by atoms with Gasteiger partial charge in [0.2, 0.25) is 0 Å². The van der Waals surface area contributed by atoms with Crippen LogP contribution in [0.2, 0.25) is 0 Å². The first kappa shape index (κ1) is 27.7. The van der Waals surface area contributed by atoms with E-state index in [0.717, 1.165) is 55.7 Å². The van der Waals surface area contributed by atoms with Gasteiger partial charge in [0.15, 0.2) is 0 Å². The summed E-state index contributed by atoms with van der Waals surface area (Å²) in [6.45, 7) is 6.19. The fourth-order valence-corrected chi connectivity index (χ4v) is 4.47. The van der Waals surface area contributed by atoms with E-state index >= 15 is 0 Å². The van der Waals surface area contributed by atoms with Gasteiger partial charge in [0.25, 0.3) is 0 Å². The average Bonchev–Trinajstić information content (AvgIpc) is 3.66. The van der Waals surface area contributed by atoms with E-state index < -0.39 is 5.60 Å². The lowest BCUT2D eigenvalue weighted by Gasteiger charge is -2.19. The van der Waals surface area contributed by atoms with E-state index in [-0.39, 0.29) is 5.97 Å². The summed E-state index contributed by atoms with van der Waals surface area (Å²) in [7, 11) is 0. The highest BCUT2D eigenvalue weighted by Crippen LogP contribution is 2.26. The number of nitrogens with two attached hydrogens (primary N) is 1. The number of benzene rings is 2. The van der Waals surface area contributed by atoms with E-state index in [4.69, 9.17) is 10.5 Å². The summed E-state index contributed by atoms with van der Waals surface area (Å²) in [5.41, 5.74) is 13.0. The number of hydrogen-bond donors (Lipinski definition) is 3. The Bertz CT molecular complexity index is 1750. The molecule has 0 radical (unpaired) electrons. The Morgan fingerprint density at radius 1 is 0.732 bits per heavy atom. The predicted molar refractivity (Wildman–Crippen MR) is 161 cm³/mol. The van der Waals surface area contributed by atoms with Crippen LogP contribution in [-0.4, -0.2) is 41.5 Å². The van der Waals surface area contributed by atoms with Crippen LogP contribution in [0.3, 0.4) is 0 Å². The van der Waals surface area contributed by atoms with Gasteiger partial charge in [0.1, 0.15) is 29.6 Å². The number of aromatic nitrogens is 6. The third kappa shape index (κ3) is 6.82. The molecule has 0 bridgehead atoms. The number of carbonyl (C=O) groups excluding carboxylic acids is 1. The minimum Gasteiger partial charge on any atom is -0.460 e. The number of aromatic amines is 2. The molecule has 208 valence electrons. The van der Waals surface area contributed by atoms with E-state index in [1.165, 1.54) is 0 Å². The van der Waals surface area contributed by atoms with Crippen LogP contribution >= 0.6 is 0 Å². The monoisotopic (exact) mass is 547 g/mol. The minimum absolute atomic E-state index is 0.170. The van der Waals surface area contributed by atoms with Crippen LogP contribution in [0.15, 0.2) is 85.7 Å². The maximum Gasteiger partial charge on any atom is 0.306 e. The number of aryl methyl sites for hydroxylation is 1. The largest absolute Gasteiger partial charge is 0.460 e. The van der Waals surface area contributed by atoms with Gasteiger partial charge in [-0.25, -0.2) is 19.9 Å². The Balaban J connectivity index is 0.000000174. The topological polar surface area (TPSA) is 135 Å². The third-order valence-electron chi connectivity index (χ3n) is 6.44. The molecule has 6 aromatic rings. The second-order valence-corrected chi connectivity index (χ2v) is 10.6. The number of esters is 1. The predicted octanol–water partition coefficient (Wildman–Crippen LogP) is 5.98. The van der Waals surface area contributed by atoms with Gasteiger partial charge in [-0.3, -0.25) is 4.79 Å². The van der Waals surface area contributed by atoms with Crippen molar-refractivity contribution in [3.8, 4) is 22.5 Å². The standard InChI is InChI=1S/C19H21N3O2.C13H12N4/c1-19(2,3)24-16(23)9-6-13-4-7-14(8-5-13)17-15-10-11-20-18(15)22-12-21-17;14-7-9-1-3-10(4-2-9)12-11-5-6-15-13(11)17-8-16-12/h4-5,7-8,10-12H,6,9H2,1-3H3,(H,20,21,22);1-6,8H,7,14H2,(H,15,16,17). The highest BCUT2D eigenvalue weighted by atomic mass is 16.6. The Kier molecular flexibility index (Phi) is 8.16. The zero-order valence-electron chi connectivity index (χ0n) is 23.4. The van der Waals surface area contributed by atoms with Crippen LogP contribution in [0, 0.1) is 0 Å². The van der Waals surface area contributed by atoms with Gasteiger partial charge in [-0.1, -0.05) is 48.5 Å². The van der Waals surface area contributed by atoms with E-state index in [1.54, 1.807) is 12.7 Å². The number of H-pyrrole nitrogens is 2. The zero-order valence-corrected chi connectivity index (χ0v) is 23.4. The molecular weight excluding hydrogens is 514 g/mol. The van der Waals surface area contributed by atoms with Crippen molar-refractivity contribution in [2.24, 2.45) is 5.73 Å². The minimum atomic E-state index is -0.435. The fourth-order valence-electron chi connectivity index (χ4n) is 4.47. The van der Waals surface area contributed by atoms with Gasteiger partial charge in [-0.2, -0.15) is 0 Å². The van der Waals surface area contributed by atoms with Crippen molar-refractivity contribution in [2.45, 2.75) is 45.8 Å². The number of nitrogens with one attached hydrogen (secondary N) is 2. The molecule has 41 heavy (non-hydrogen) atoms. The molecule has 0 aliphatic carbocycles. The van der Waals surface area contributed by atoms with Crippen LogP contribution < -0.4 is 5.73 Å². The summed E-state index contributed by atoms with van der Waals surface area (Å²) in [5.74, 6) is -0.170. The molecule has 0 unspecified atom stereocenters. The first-order valence-corrected chi connectivity index (χ1v) is 13.5. The van der Waals surface area contributed by atoms with Crippen LogP contribution in [0.4, 0.5) is 0 Å². The maximum atomic E-state index is 11.8. The van der Waals surface area contributed by atoms with E-state index in [0.29, 0.717) is 19.4 Å². The first-order valence-electron chi connectivity index (χ1n) is 13.5. The number of nitrogens with zero attached hydrogens (tertiary/aromatic N) is 4. The van der Waals surface area contributed by atoms with Crippen LogP contribution in [-0.2, 0) is 22.5 Å². The van der Waals surface area contributed by atoms with Crippen molar-refractivity contribution < 1.29 is 9.53 Å². The molecule has 0 aliphatic heterocycles. The highest BCUT2D eigenvalue weighted by molar-refractivity contribution is 5.91. The molecule has 6 rings (SSSR count). The van der Waals surface area contributed by atoms with Gasteiger partial charge in [-0.15, -0.1) is 0 Å². The van der Waals surface area contributed by atoms with Crippen molar-refractivity contribution in [3.05, 3.63) is 96.8 Å². The summed E-state index contributed by atoms with van der Waals surface area (Å²) in [5, 5.41) is 2.03. The van der Waals surface area contributed by atoms with Crippen molar-refractivity contribution in [1.82, 2.24) is 29.9 Å². The highest BCUT2D eigenvalue weighted by Gasteiger charge is 2.16. The summed E-state index contributed by atoms with van der Waals surface area (Å²) in [6, 6.07) is 20.2. The van der Waals surface area contributed by atoms with Crippen LogP contribution in [0.25, 0.3) is 44.6 Å². The molecule has 9 nitrogen and oxygen atoms in total. The van der Waals surface area contributed by atoms with Crippen LogP contribution in [0.1, 0.15) is 38.3 Å². The summed E-state index contributed by atoms with van der Waals surface area (Å²) in [4.78, 5) is 35.1. The third-order valence-corrected chi connectivity index (χ3v) is 6.44. The summed E-state index contributed by atoms with van der Waals surface area (Å²) in [6.07, 6.45) is 7.91. The number of carbonyl (C=O) groups is 1. The number of rotatable bonds is 6. The fraction of sp³-hybridized carbons (Fsp3) is 0.219. The van der Waals surface area contributed by atoms with E-state index in [1.807, 2.05) is 93.8 Å². The van der Waals surface area contributed by atoms with Crippen molar-refractivity contribution in [1.29, 1.82) is 0 Å².